The fraction of sp³-hybridized carbons (Fsp3) is 0.500. The fourth-order valence-electron chi connectivity index (χ4n) is 3.23. The third-order valence-corrected chi connectivity index (χ3v) is 4.12. The number of esters is 1. The molecule has 19 heavy (non-hydrogen) atoms. The van der Waals surface area contributed by atoms with E-state index in [9.17, 15) is 15.0 Å². The normalized spacial score (nSPS) is 31.5. The molecule has 1 aliphatic carbocycles. The second-order valence-corrected chi connectivity index (χ2v) is 5.05. The molecule has 0 radical (unpaired) electrons. The largest absolute Gasteiger partial charge is 0.488 e. The molecular weight excluding hydrogens is 248 g/mol. The Labute approximate surface area is 110 Å². The molecule has 0 unspecified atom stereocenters. The number of carbonyl (C=O) groups excluding carboxylic acids is 1. The summed E-state index contributed by atoms with van der Waals surface area (Å²) in [5, 5.41) is 19.3. The lowest BCUT2D eigenvalue weighted by Gasteiger charge is -2.17. The number of para-hydroxylation sites is 1. The Morgan fingerprint density at radius 1 is 1.53 bits per heavy atom. The van der Waals surface area contributed by atoms with Gasteiger partial charge in [-0.3, -0.25) is 0 Å². The number of methoxy groups -OCH3 is 1. The number of carbonyl (C=O) groups is 1. The van der Waals surface area contributed by atoms with Gasteiger partial charge in [0, 0.05) is 30.4 Å². The Morgan fingerprint density at radius 3 is 3.00 bits per heavy atom. The number of fused-ring (bicyclic) bond motifs is 3. The van der Waals surface area contributed by atoms with Crippen molar-refractivity contribution in [3.05, 3.63) is 29.3 Å². The van der Waals surface area contributed by atoms with Crippen molar-refractivity contribution in [2.45, 2.75) is 24.5 Å². The summed E-state index contributed by atoms with van der Waals surface area (Å²) in [7, 11) is 1.33. The predicted molar refractivity (Wildman–Crippen MR) is 66.1 cm³/mol. The third kappa shape index (κ3) is 1.73. The number of ether oxygens (including phenoxy) is 2. The van der Waals surface area contributed by atoms with Gasteiger partial charge < -0.3 is 19.7 Å². The number of aliphatic hydroxyl groups is 2. The van der Waals surface area contributed by atoms with Gasteiger partial charge in [-0.05, 0) is 6.07 Å². The second kappa shape index (κ2) is 4.51. The molecule has 1 aromatic rings. The van der Waals surface area contributed by atoms with Crippen molar-refractivity contribution in [2.24, 2.45) is 5.92 Å². The monoisotopic (exact) mass is 264 g/mol. The quantitative estimate of drug-likeness (QED) is 0.769. The molecule has 2 aliphatic rings. The summed E-state index contributed by atoms with van der Waals surface area (Å²) in [6.45, 7) is -0.0897. The lowest BCUT2D eigenvalue weighted by atomic mass is 9.88. The first-order valence-electron chi connectivity index (χ1n) is 6.34. The summed E-state index contributed by atoms with van der Waals surface area (Å²) in [4.78, 5) is 11.7. The van der Waals surface area contributed by atoms with Crippen molar-refractivity contribution in [1.29, 1.82) is 0 Å². The molecule has 1 aliphatic heterocycles. The first-order valence-corrected chi connectivity index (χ1v) is 6.34. The van der Waals surface area contributed by atoms with Crippen LogP contribution in [0.3, 0.4) is 0 Å². The number of aliphatic hydroxyl groups excluding tert-OH is 2. The average molecular weight is 264 g/mol. The summed E-state index contributed by atoms with van der Waals surface area (Å²) in [5.41, 5.74) is 1.28. The van der Waals surface area contributed by atoms with E-state index < -0.39 is 12.1 Å². The first-order chi connectivity index (χ1) is 9.17. The molecule has 3 rings (SSSR count). The highest BCUT2D eigenvalue weighted by atomic mass is 16.5. The molecule has 102 valence electrons. The zero-order valence-electron chi connectivity index (χ0n) is 10.6. The van der Waals surface area contributed by atoms with E-state index in [1.54, 1.807) is 12.1 Å². The number of benzene rings is 1. The van der Waals surface area contributed by atoms with Gasteiger partial charge in [0.15, 0.2) is 0 Å². The molecule has 1 heterocycles. The van der Waals surface area contributed by atoms with Crippen molar-refractivity contribution >= 4 is 5.97 Å². The van der Waals surface area contributed by atoms with Gasteiger partial charge >= 0.3 is 5.97 Å². The third-order valence-electron chi connectivity index (χ3n) is 4.12. The van der Waals surface area contributed by atoms with Crippen LogP contribution in [0, 0.1) is 5.92 Å². The molecule has 0 saturated heterocycles. The Hall–Kier alpha value is -1.59. The van der Waals surface area contributed by atoms with Crippen molar-refractivity contribution < 1.29 is 24.5 Å². The molecule has 2 N–H and O–H groups in total. The zero-order chi connectivity index (χ0) is 13.6. The van der Waals surface area contributed by atoms with Crippen LogP contribution in [0.1, 0.15) is 28.3 Å². The van der Waals surface area contributed by atoms with E-state index in [1.807, 2.05) is 6.07 Å². The molecule has 4 atom stereocenters. The number of hydrogen-bond acceptors (Lipinski definition) is 5. The van der Waals surface area contributed by atoms with Gasteiger partial charge in [-0.2, -0.15) is 0 Å². The van der Waals surface area contributed by atoms with Crippen LogP contribution in [-0.4, -0.2) is 42.1 Å². The Balaban J connectivity index is 2.04. The predicted octanol–water partition coefficient (Wildman–Crippen LogP) is 0.691. The lowest BCUT2D eigenvalue weighted by Crippen LogP contribution is -2.22. The van der Waals surface area contributed by atoms with Crippen LogP contribution in [0.4, 0.5) is 0 Å². The van der Waals surface area contributed by atoms with Crippen LogP contribution < -0.4 is 4.74 Å². The Kier molecular flexibility index (Phi) is 2.95. The second-order valence-electron chi connectivity index (χ2n) is 5.05. The van der Waals surface area contributed by atoms with Crippen LogP contribution in [-0.2, 0) is 4.74 Å². The van der Waals surface area contributed by atoms with Crippen molar-refractivity contribution in [3.8, 4) is 5.75 Å². The smallest absolute Gasteiger partial charge is 0.341 e. The first kappa shape index (κ1) is 12.4. The molecular formula is C14H16O5. The molecule has 5 heteroatoms. The van der Waals surface area contributed by atoms with Crippen molar-refractivity contribution in [1.82, 2.24) is 0 Å². The van der Waals surface area contributed by atoms with E-state index in [2.05, 4.69) is 0 Å². The van der Waals surface area contributed by atoms with Crippen LogP contribution in [0.2, 0.25) is 0 Å². The van der Waals surface area contributed by atoms with Gasteiger partial charge in [-0.25, -0.2) is 4.79 Å². The zero-order valence-corrected chi connectivity index (χ0v) is 10.6. The van der Waals surface area contributed by atoms with E-state index in [0.29, 0.717) is 17.7 Å². The molecule has 5 nitrogen and oxygen atoms in total. The van der Waals surface area contributed by atoms with E-state index in [4.69, 9.17) is 9.47 Å². The minimum absolute atomic E-state index is 0.0559. The fourth-order valence-corrected chi connectivity index (χ4v) is 3.23. The standard InChI is InChI=1S/C14H16O5/c1-18-14(17)8-4-2-3-7-12-9(6-15)10(16)5-11(12)19-13(7)8/h2-4,9-12,15-16H,5-6H2,1H3/t9-,10+,11-,12+/m0/s1. The molecule has 0 bridgehead atoms. The minimum Gasteiger partial charge on any atom is -0.488 e. The Bertz CT molecular complexity index is 513. The SMILES string of the molecule is COC(=O)c1cccc2c1O[C@H]1C[C@@H](O)[C@H](CO)[C@@H]21. The maximum absolute atomic E-state index is 11.7. The van der Waals surface area contributed by atoms with Gasteiger partial charge in [0.25, 0.3) is 0 Å². The minimum atomic E-state index is -0.560. The Morgan fingerprint density at radius 2 is 2.32 bits per heavy atom. The average Bonchev–Trinajstić information content (AvgIpc) is 2.91. The molecule has 1 saturated carbocycles. The van der Waals surface area contributed by atoms with Gasteiger partial charge in [-0.15, -0.1) is 0 Å². The molecule has 1 aromatic carbocycles. The van der Waals surface area contributed by atoms with Crippen LogP contribution in [0.15, 0.2) is 18.2 Å². The number of hydrogen-bond donors (Lipinski definition) is 2. The van der Waals surface area contributed by atoms with E-state index >= 15 is 0 Å². The van der Waals surface area contributed by atoms with Crippen LogP contribution in [0.25, 0.3) is 0 Å². The summed E-state index contributed by atoms with van der Waals surface area (Å²) in [6.07, 6.45) is -0.256. The van der Waals surface area contributed by atoms with Gasteiger partial charge in [0.05, 0.1) is 13.2 Å². The lowest BCUT2D eigenvalue weighted by molar-refractivity contribution is 0.0594. The van der Waals surface area contributed by atoms with E-state index in [-0.39, 0.29) is 24.5 Å². The van der Waals surface area contributed by atoms with Crippen molar-refractivity contribution in [2.75, 3.05) is 13.7 Å². The van der Waals surface area contributed by atoms with Crippen LogP contribution >= 0.6 is 0 Å². The topological polar surface area (TPSA) is 76.0 Å². The summed E-state index contributed by atoms with van der Waals surface area (Å²) >= 11 is 0. The van der Waals surface area contributed by atoms with Gasteiger partial charge in [0.1, 0.15) is 17.4 Å². The summed E-state index contributed by atoms with van der Waals surface area (Å²) < 4.78 is 10.6. The maximum atomic E-state index is 11.7. The van der Waals surface area contributed by atoms with Gasteiger partial charge in [0.2, 0.25) is 0 Å². The van der Waals surface area contributed by atoms with Crippen LogP contribution in [0.5, 0.6) is 5.75 Å². The molecule has 0 aromatic heterocycles. The highest BCUT2D eigenvalue weighted by molar-refractivity contribution is 5.93. The number of rotatable bonds is 2. The highest BCUT2D eigenvalue weighted by Gasteiger charge is 2.50. The maximum Gasteiger partial charge on any atom is 0.341 e. The van der Waals surface area contributed by atoms with E-state index in [0.717, 1.165) is 5.56 Å². The molecule has 1 fully saturated rings. The molecule has 0 spiro atoms. The highest BCUT2D eigenvalue weighted by Crippen LogP contribution is 2.51. The van der Waals surface area contributed by atoms with Crippen molar-refractivity contribution in [3.63, 3.8) is 0 Å². The summed E-state index contributed by atoms with van der Waals surface area (Å²) in [6, 6.07) is 5.32. The molecule has 0 amide bonds. The van der Waals surface area contributed by atoms with E-state index in [1.165, 1.54) is 7.11 Å². The van der Waals surface area contributed by atoms with Gasteiger partial charge in [-0.1, -0.05) is 12.1 Å². The summed E-state index contributed by atoms with van der Waals surface area (Å²) in [5.74, 6) is -0.189.